The highest BCUT2D eigenvalue weighted by molar-refractivity contribution is 7.85. The maximum Gasteiger partial charge on any atom is 0.303 e. The second kappa shape index (κ2) is 6.98. The lowest BCUT2D eigenvalue weighted by atomic mass is 10.2. The molecule has 4 heteroatoms. The molecule has 0 spiro atoms. The molecule has 0 aliphatic carbocycles. The first kappa shape index (κ1) is 13.6. The summed E-state index contributed by atoms with van der Waals surface area (Å²) in [7, 11) is -0.803. The molecule has 0 aliphatic heterocycles. The summed E-state index contributed by atoms with van der Waals surface area (Å²) in [6, 6.07) is 0. The van der Waals surface area contributed by atoms with E-state index in [1.165, 1.54) is 0 Å². The third kappa shape index (κ3) is 6.13. The van der Waals surface area contributed by atoms with Crippen molar-refractivity contribution in [2.75, 3.05) is 5.75 Å². The number of carboxylic acid groups (broad SMARTS) is 1. The SMILES string of the molecule is CC(C)C(C)S(=O)CCCCC(=O)O. The van der Waals surface area contributed by atoms with Crippen LogP contribution in [0.25, 0.3) is 0 Å². The van der Waals surface area contributed by atoms with Crippen molar-refractivity contribution < 1.29 is 14.1 Å². The molecular formula is C10H20O3S. The smallest absolute Gasteiger partial charge is 0.303 e. The van der Waals surface area contributed by atoms with E-state index in [4.69, 9.17) is 5.11 Å². The summed E-state index contributed by atoms with van der Waals surface area (Å²) in [6.07, 6.45) is 1.56. The monoisotopic (exact) mass is 220 g/mol. The van der Waals surface area contributed by atoms with Gasteiger partial charge in [-0.05, 0) is 18.8 Å². The molecule has 84 valence electrons. The first-order valence-corrected chi connectivity index (χ1v) is 6.42. The fourth-order valence-corrected chi connectivity index (χ4v) is 2.48. The first-order valence-electron chi connectivity index (χ1n) is 5.04. The standard InChI is InChI=1S/C10H20O3S/c1-8(2)9(3)14(13)7-5-4-6-10(11)12/h8-9H,4-7H2,1-3H3,(H,11,12). The van der Waals surface area contributed by atoms with Gasteiger partial charge in [0.1, 0.15) is 0 Å². The van der Waals surface area contributed by atoms with E-state index in [-0.39, 0.29) is 11.7 Å². The van der Waals surface area contributed by atoms with Gasteiger partial charge >= 0.3 is 5.97 Å². The number of unbranched alkanes of at least 4 members (excludes halogenated alkanes) is 1. The van der Waals surface area contributed by atoms with Crippen LogP contribution in [0.15, 0.2) is 0 Å². The van der Waals surface area contributed by atoms with Crippen LogP contribution in [0.1, 0.15) is 40.0 Å². The zero-order valence-electron chi connectivity index (χ0n) is 9.16. The minimum Gasteiger partial charge on any atom is -0.481 e. The molecule has 0 aromatic heterocycles. The fourth-order valence-electron chi connectivity index (χ4n) is 1.01. The highest BCUT2D eigenvalue weighted by Crippen LogP contribution is 2.10. The first-order chi connectivity index (χ1) is 6.45. The topological polar surface area (TPSA) is 54.4 Å². The van der Waals surface area contributed by atoms with Gasteiger partial charge in [-0.15, -0.1) is 0 Å². The van der Waals surface area contributed by atoms with Crippen molar-refractivity contribution in [3.63, 3.8) is 0 Å². The molecule has 0 saturated heterocycles. The number of carboxylic acids is 1. The van der Waals surface area contributed by atoms with Crippen molar-refractivity contribution in [2.45, 2.75) is 45.3 Å². The Bertz CT molecular complexity index is 202. The van der Waals surface area contributed by atoms with Crippen molar-refractivity contribution in [1.82, 2.24) is 0 Å². The number of hydrogen-bond donors (Lipinski definition) is 1. The highest BCUT2D eigenvalue weighted by Gasteiger charge is 2.14. The van der Waals surface area contributed by atoms with Gasteiger partial charge in [-0.2, -0.15) is 0 Å². The minimum atomic E-state index is -0.803. The average Bonchev–Trinajstić information content (AvgIpc) is 2.10. The van der Waals surface area contributed by atoms with E-state index in [1.54, 1.807) is 0 Å². The molecule has 0 heterocycles. The van der Waals surface area contributed by atoms with Gasteiger partial charge in [-0.25, -0.2) is 0 Å². The third-order valence-corrected chi connectivity index (χ3v) is 4.40. The molecule has 0 aromatic carbocycles. The molecule has 1 N–H and O–H groups in total. The molecule has 0 aromatic rings. The number of carbonyl (C=O) groups is 1. The van der Waals surface area contributed by atoms with Crippen LogP contribution in [-0.4, -0.2) is 26.3 Å². The zero-order valence-corrected chi connectivity index (χ0v) is 9.97. The summed E-state index contributed by atoms with van der Waals surface area (Å²) in [5, 5.41) is 8.61. The van der Waals surface area contributed by atoms with Crippen LogP contribution in [0.5, 0.6) is 0 Å². The van der Waals surface area contributed by atoms with Crippen LogP contribution in [0.4, 0.5) is 0 Å². The molecule has 3 nitrogen and oxygen atoms in total. The van der Waals surface area contributed by atoms with Crippen LogP contribution in [0.3, 0.4) is 0 Å². The van der Waals surface area contributed by atoms with Gasteiger partial charge in [0.25, 0.3) is 0 Å². The van der Waals surface area contributed by atoms with Gasteiger partial charge < -0.3 is 5.11 Å². The van der Waals surface area contributed by atoms with Crippen LogP contribution < -0.4 is 0 Å². The van der Waals surface area contributed by atoms with Crippen molar-refractivity contribution in [3.8, 4) is 0 Å². The van der Waals surface area contributed by atoms with Crippen molar-refractivity contribution in [2.24, 2.45) is 5.92 Å². The van der Waals surface area contributed by atoms with Gasteiger partial charge in [0, 0.05) is 28.2 Å². The normalized spacial score (nSPS) is 15.4. The Morgan fingerprint density at radius 1 is 1.29 bits per heavy atom. The summed E-state index contributed by atoms with van der Waals surface area (Å²) in [5.74, 6) is 0.287. The molecule has 2 unspecified atom stereocenters. The van der Waals surface area contributed by atoms with Gasteiger partial charge in [-0.3, -0.25) is 9.00 Å². The molecular weight excluding hydrogens is 200 g/mol. The average molecular weight is 220 g/mol. The summed E-state index contributed by atoms with van der Waals surface area (Å²) >= 11 is 0. The van der Waals surface area contributed by atoms with Crippen molar-refractivity contribution >= 4 is 16.8 Å². The lowest BCUT2D eigenvalue weighted by molar-refractivity contribution is -0.137. The molecule has 0 radical (unpaired) electrons. The van der Waals surface area contributed by atoms with E-state index < -0.39 is 16.8 Å². The maximum atomic E-state index is 11.6. The quantitative estimate of drug-likeness (QED) is 0.668. The molecule has 0 amide bonds. The Morgan fingerprint density at radius 3 is 2.29 bits per heavy atom. The molecule has 0 aliphatic rings. The summed E-state index contributed by atoms with van der Waals surface area (Å²) < 4.78 is 11.6. The Kier molecular flexibility index (Phi) is 6.79. The third-order valence-electron chi connectivity index (χ3n) is 2.34. The lowest BCUT2D eigenvalue weighted by Gasteiger charge is -2.14. The summed E-state index contributed by atoms with van der Waals surface area (Å²) in [5.41, 5.74) is 0. The highest BCUT2D eigenvalue weighted by atomic mass is 32.2. The summed E-state index contributed by atoms with van der Waals surface area (Å²) in [4.78, 5) is 10.2. The number of rotatable bonds is 7. The molecule has 14 heavy (non-hydrogen) atoms. The van der Waals surface area contributed by atoms with E-state index in [9.17, 15) is 9.00 Å². The second-order valence-corrected chi connectivity index (χ2v) is 5.80. The molecule has 0 rings (SSSR count). The largest absolute Gasteiger partial charge is 0.481 e. The zero-order chi connectivity index (χ0) is 11.1. The predicted molar refractivity (Wildman–Crippen MR) is 58.8 cm³/mol. The lowest BCUT2D eigenvalue weighted by Crippen LogP contribution is -2.20. The molecule has 0 bridgehead atoms. The van der Waals surface area contributed by atoms with Gasteiger partial charge in [0.2, 0.25) is 0 Å². The Hall–Kier alpha value is -0.380. The van der Waals surface area contributed by atoms with E-state index in [1.807, 2.05) is 6.92 Å². The summed E-state index contributed by atoms with van der Waals surface area (Å²) in [6.45, 7) is 6.09. The number of aliphatic carboxylic acids is 1. The molecule has 0 saturated carbocycles. The fraction of sp³-hybridized carbons (Fsp3) is 0.900. The van der Waals surface area contributed by atoms with Crippen LogP contribution in [-0.2, 0) is 15.6 Å². The van der Waals surface area contributed by atoms with Crippen LogP contribution in [0, 0.1) is 5.92 Å². The van der Waals surface area contributed by atoms with E-state index in [2.05, 4.69) is 13.8 Å². The van der Waals surface area contributed by atoms with Crippen LogP contribution in [0.2, 0.25) is 0 Å². The van der Waals surface area contributed by atoms with Gasteiger partial charge in [0.05, 0.1) is 0 Å². The molecule has 2 atom stereocenters. The van der Waals surface area contributed by atoms with Crippen molar-refractivity contribution in [1.29, 1.82) is 0 Å². The predicted octanol–water partition coefficient (Wildman–Crippen LogP) is 2.03. The Balaban J connectivity index is 3.59. The maximum absolute atomic E-state index is 11.6. The van der Waals surface area contributed by atoms with Crippen molar-refractivity contribution in [3.05, 3.63) is 0 Å². The van der Waals surface area contributed by atoms with E-state index >= 15 is 0 Å². The Morgan fingerprint density at radius 2 is 1.86 bits per heavy atom. The molecule has 0 fully saturated rings. The van der Waals surface area contributed by atoms with Gasteiger partial charge in [-0.1, -0.05) is 20.8 Å². The van der Waals surface area contributed by atoms with Crippen LogP contribution >= 0.6 is 0 Å². The Labute approximate surface area is 88.4 Å². The van der Waals surface area contributed by atoms with E-state index in [0.717, 1.165) is 6.42 Å². The second-order valence-electron chi connectivity index (χ2n) is 3.88. The minimum absolute atomic E-state index is 0.188. The van der Waals surface area contributed by atoms with Gasteiger partial charge in [0.15, 0.2) is 0 Å². The number of hydrogen-bond acceptors (Lipinski definition) is 2. The van der Waals surface area contributed by atoms with E-state index in [0.29, 0.717) is 18.1 Å².